The Hall–Kier alpha value is -3.95. The Morgan fingerprint density at radius 3 is 2.47 bits per heavy atom. The molecule has 1 saturated heterocycles. The zero-order valence-electron chi connectivity index (χ0n) is 17.1. The maximum atomic E-state index is 13.8. The van der Waals surface area contributed by atoms with Gasteiger partial charge in [0.05, 0.1) is 11.7 Å². The monoisotopic (exact) mass is 443 g/mol. The summed E-state index contributed by atoms with van der Waals surface area (Å²) in [5.41, 5.74) is 18.0. The van der Waals surface area contributed by atoms with Gasteiger partial charge in [0.1, 0.15) is 23.0 Å². The zero-order valence-corrected chi connectivity index (χ0v) is 17.1. The molecule has 1 fully saturated rings. The molecule has 8 nitrogen and oxygen atoms in total. The molecule has 1 heterocycles. The van der Waals surface area contributed by atoms with Crippen molar-refractivity contribution < 1.29 is 23.1 Å². The molecule has 2 amide bonds. The number of piperidine rings is 1. The van der Waals surface area contributed by atoms with Crippen molar-refractivity contribution in [2.24, 2.45) is 22.2 Å². The number of aliphatic imine (C=N–C) groups is 1. The van der Waals surface area contributed by atoms with Crippen LogP contribution in [0.15, 0.2) is 53.0 Å². The first-order chi connectivity index (χ1) is 15.3. The molecule has 0 spiro atoms. The van der Waals surface area contributed by atoms with E-state index >= 15 is 0 Å². The fraction of sp³-hybridized carbons (Fsp3) is 0.227. The third-order valence-corrected chi connectivity index (χ3v) is 4.96. The van der Waals surface area contributed by atoms with E-state index in [4.69, 9.17) is 21.9 Å². The van der Waals surface area contributed by atoms with Crippen LogP contribution in [0, 0.1) is 11.6 Å². The van der Waals surface area contributed by atoms with Gasteiger partial charge < -0.3 is 26.8 Å². The molecule has 6 N–H and O–H groups in total. The van der Waals surface area contributed by atoms with Crippen molar-refractivity contribution in [1.82, 2.24) is 4.90 Å². The van der Waals surface area contributed by atoms with Gasteiger partial charge in [0.15, 0.2) is 11.6 Å². The Bertz CT molecular complexity index is 1070. The number of carbonyl (C=O) groups excluding carboxylic acids is 2. The largest absolute Gasteiger partial charge is 0.454 e. The van der Waals surface area contributed by atoms with E-state index < -0.39 is 17.5 Å². The fourth-order valence-corrected chi connectivity index (χ4v) is 3.37. The Balaban J connectivity index is 1.83. The number of primary amides is 1. The lowest BCUT2D eigenvalue weighted by molar-refractivity contribution is -0.119. The second-order valence-corrected chi connectivity index (χ2v) is 7.26. The number of likely N-dealkylation sites (tertiary alicyclic amines) is 1. The van der Waals surface area contributed by atoms with Crippen LogP contribution in [0.25, 0.3) is 5.70 Å². The van der Waals surface area contributed by atoms with Crippen LogP contribution in [-0.2, 0) is 9.59 Å². The SMILES string of the molecule is NC(=O)C(C(N)=N[C@@H]1CCCN(C=O)C1)=C(N)c1ccc(Oc2ccc(F)cc2F)cc1. The van der Waals surface area contributed by atoms with Gasteiger partial charge in [-0.15, -0.1) is 0 Å². The number of carbonyl (C=O) groups is 2. The molecule has 0 aromatic heterocycles. The van der Waals surface area contributed by atoms with Crippen molar-refractivity contribution in [3.05, 3.63) is 65.2 Å². The van der Waals surface area contributed by atoms with E-state index in [9.17, 15) is 18.4 Å². The summed E-state index contributed by atoms with van der Waals surface area (Å²) in [4.78, 5) is 29.0. The van der Waals surface area contributed by atoms with Crippen molar-refractivity contribution in [2.75, 3.05) is 13.1 Å². The maximum Gasteiger partial charge on any atom is 0.254 e. The van der Waals surface area contributed by atoms with Crippen LogP contribution < -0.4 is 21.9 Å². The number of hydrogen-bond acceptors (Lipinski definition) is 5. The van der Waals surface area contributed by atoms with Gasteiger partial charge in [-0.2, -0.15) is 0 Å². The molecule has 2 aromatic rings. The van der Waals surface area contributed by atoms with E-state index in [1.807, 2.05) is 0 Å². The Morgan fingerprint density at radius 1 is 1.12 bits per heavy atom. The second kappa shape index (κ2) is 9.90. The molecule has 1 aliphatic heterocycles. The first-order valence-electron chi connectivity index (χ1n) is 9.84. The number of nitrogens with two attached hydrogens (primary N) is 3. The lowest BCUT2D eigenvalue weighted by Gasteiger charge is -2.27. The predicted octanol–water partition coefficient (Wildman–Crippen LogP) is 1.89. The van der Waals surface area contributed by atoms with Crippen LogP contribution >= 0.6 is 0 Å². The van der Waals surface area contributed by atoms with Crippen LogP contribution in [0.4, 0.5) is 8.78 Å². The van der Waals surface area contributed by atoms with Crippen LogP contribution in [0.3, 0.4) is 0 Å². The average Bonchev–Trinajstić information content (AvgIpc) is 2.76. The van der Waals surface area contributed by atoms with E-state index in [0.717, 1.165) is 18.9 Å². The zero-order chi connectivity index (χ0) is 23.3. The Labute approximate surface area is 183 Å². The van der Waals surface area contributed by atoms with Gasteiger partial charge in [0.25, 0.3) is 5.91 Å². The van der Waals surface area contributed by atoms with E-state index in [1.54, 1.807) is 4.90 Å². The van der Waals surface area contributed by atoms with Crippen molar-refractivity contribution in [3.8, 4) is 11.5 Å². The normalized spacial score (nSPS) is 17.5. The number of ether oxygens (including phenoxy) is 1. The fourth-order valence-electron chi connectivity index (χ4n) is 3.37. The lowest BCUT2D eigenvalue weighted by atomic mass is 10.0. The minimum Gasteiger partial charge on any atom is -0.454 e. The number of nitrogens with zero attached hydrogens (tertiary/aromatic N) is 2. The van der Waals surface area contributed by atoms with Crippen molar-refractivity contribution in [2.45, 2.75) is 18.9 Å². The minimum atomic E-state index is -0.847. The molecule has 0 bridgehead atoms. The number of amides is 2. The molecule has 0 radical (unpaired) electrons. The highest BCUT2D eigenvalue weighted by Crippen LogP contribution is 2.26. The third kappa shape index (κ3) is 5.39. The number of halogens is 2. The predicted molar refractivity (Wildman–Crippen MR) is 115 cm³/mol. The summed E-state index contributed by atoms with van der Waals surface area (Å²) in [7, 11) is 0. The molecule has 1 atom stereocenters. The van der Waals surface area contributed by atoms with Crippen LogP contribution in [-0.4, -0.2) is 42.2 Å². The van der Waals surface area contributed by atoms with E-state index in [2.05, 4.69) is 4.99 Å². The standard InChI is InChI=1S/C22H23F2N5O3/c23-14-5-8-18(17(24)10-14)32-16-6-3-13(4-7-16)20(25)19(22(27)31)21(26)28-15-2-1-9-29(11-15)12-30/h3-8,10,12,15H,1-2,9,11,25H2,(H2,26,28)(H2,27,31)/t15-/m1/s1. The number of amidine groups is 1. The Kier molecular flexibility index (Phi) is 7.04. The maximum absolute atomic E-state index is 13.8. The molecule has 2 aromatic carbocycles. The molecule has 3 rings (SSSR count). The van der Waals surface area contributed by atoms with E-state index in [1.165, 1.54) is 30.3 Å². The summed E-state index contributed by atoms with van der Waals surface area (Å²) < 4.78 is 32.2. The smallest absolute Gasteiger partial charge is 0.254 e. The summed E-state index contributed by atoms with van der Waals surface area (Å²) in [5, 5.41) is 0. The highest BCUT2D eigenvalue weighted by Gasteiger charge is 2.22. The molecular weight excluding hydrogens is 420 g/mol. The molecule has 0 aliphatic carbocycles. The van der Waals surface area contributed by atoms with E-state index in [0.29, 0.717) is 31.1 Å². The van der Waals surface area contributed by atoms with Gasteiger partial charge >= 0.3 is 0 Å². The average molecular weight is 443 g/mol. The first-order valence-corrected chi connectivity index (χ1v) is 9.84. The molecule has 168 valence electrons. The summed E-state index contributed by atoms with van der Waals surface area (Å²) in [6.45, 7) is 1.04. The molecule has 0 unspecified atom stereocenters. The third-order valence-electron chi connectivity index (χ3n) is 4.96. The summed E-state index contributed by atoms with van der Waals surface area (Å²) >= 11 is 0. The molecule has 10 heteroatoms. The molecule has 0 saturated carbocycles. The van der Waals surface area contributed by atoms with Crippen molar-refractivity contribution in [1.29, 1.82) is 0 Å². The molecular formula is C22H23F2N5O3. The number of hydrogen-bond donors (Lipinski definition) is 3. The van der Waals surface area contributed by atoms with Gasteiger partial charge in [0, 0.05) is 19.2 Å². The van der Waals surface area contributed by atoms with Gasteiger partial charge in [-0.1, -0.05) is 0 Å². The molecule has 1 aliphatic rings. The number of rotatable bonds is 7. The minimum absolute atomic E-state index is 0.0151. The summed E-state index contributed by atoms with van der Waals surface area (Å²) in [6, 6.07) is 8.78. The van der Waals surface area contributed by atoms with Gasteiger partial charge in [-0.25, -0.2) is 8.78 Å². The molecule has 32 heavy (non-hydrogen) atoms. The number of benzene rings is 2. The van der Waals surface area contributed by atoms with Crippen LogP contribution in [0.1, 0.15) is 18.4 Å². The lowest BCUT2D eigenvalue weighted by Crippen LogP contribution is -2.38. The van der Waals surface area contributed by atoms with Gasteiger partial charge in [0.2, 0.25) is 6.41 Å². The van der Waals surface area contributed by atoms with Gasteiger partial charge in [-0.05, 0) is 54.8 Å². The van der Waals surface area contributed by atoms with Crippen molar-refractivity contribution >= 4 is 23.8 Å². The van der Waals surface area contributed by atoms with Crippen LogP contribution in [0.2, 0.25) is 0 Å². The quantitative estimate of drug-likeness (QED) is 0.260. The van der Waals surface area contributed by atoms with Crippen LogP contribution in [0.5, 0.6) is 11.5 Å². The second-order valence-electron chi connectivity index (χ2n) is 7.26. The topological polar surface area (TPSA) is 137 Å². The van der Waals surface area contributed by atoms with Crippen molar-refractivity contribution in [3.63, 3.8) is 0 Å². The van der Waals surface area contributed by atoms with E-state index in [-0.39, 0.29) is 34.6 Å². The van der Waals surface area contributed by atoms with Gasteiger partial charge in [-0.3, -0.25) is 14.6 Å². The first kappa shape index (κ1) is 22.7. The highest BCUT2D eigenvalue weighted by molar-refractivity contribution is 6.24. The summed E-state index contributed by atoms with van der Waals surface area (Å²) in [5.74, 6) is -2.39. The highest BCUT2D eigenvalue weighted by atomic mass is 19.1. The summed E-state index contributed by atoms with van der Waals surface area (Å²) in [6.07, 6.45) is 2.23. The Morgan fingerprint density at radius 2 is 1.84 bits per heavy atom.